The minimum Gasteiger partial charge on any atom is -0.496 e. The molecule has 0 atom stereocenters. The van der Waals surface area contributed by atoms with Crippen LogP contribution in [-0.4, -0.2) is 7.11 Å². The summed E-state index contributed by atoms with van der Waals surface area (Å²) in [5.41, 5.74) is 3.24. The third-order valence-electron chi connectivity index (χ3n) is 2.35. The highest BCUT2D eigenvalue weighted by Crippen LogP contribution is 2.30. The Bertz CT molecular complexity index is 446. The molecular weight excluding hydrogens is 184 g/mol. The van der Waals surface area contributed by atoms with E-state index in [9.17, 15) is 0 Å². The van der Waals surface area contributed by atoms with Gasteiger partial charge in [0.25, 0.3) is 0 Å². The Kier molecular flexibility index (Phi) is 2.72. The molecule has 0 unspecified atom stereocenters. The van der Waals surface area contributed by atoms with Gasteiger partial charge in [0.2, 0.25) is 0 Å². The van der Waals surface area contributed by atoms with Crippen LogP contribution in [0.4, 0.5) is 0 Å². The maximum absolute atomic E-state index is 5.33. The number of hydrogen-bond donors (Lipinski definition) is 0. The molecule has 1 radical (unpaired) electrons. The average Bonchev–Trinajstić information content (AvgIpc) is 2.30. The summed E-state index contributed by atoms with van der Waals surface area (Å²) in [6.07, 6.45) is 0. The molecule has 0 saturated heterocycles. The second-order valence-corrected chi connectivity index (χ2v) is 3.40. The molecule has 1 heteroatoms. The van der Waals surface area contributed by atoms with E-state index in [0.29, 0.717) is 0 Å². The molecule has 0 aromatic heterocycles. The van der Waals surface area contributed by atoms with E-state index in [1.165, 1.54) is 0 Å². The lowest BCUT2D eigenvalue weighted by Gasteiger charge is -2.09. The standard InChI is InChI=1S/C14H13O/c1-11-8-9-14(15-2)13(10-11)12-6-4-3-5-7-12/h3-10H,1H2,2H3. The molecule has 2 rings (SSSR count). The Morgan fingerprint density at radius 3 is 2.40 bits per heavy atom. The van der Waals surface area contributed by atoms with Crippen molar-refractivity contribution in [2.24, 2.45) is 0 Å². The summed E-state index contributed by atoms with van der Waals surface area (Å²) in [6, 6.07) is 16.1. The molecule has 0 saturated carbocycles. The quantitative estimate of drug-likeness (QED) is 0.715. The lowest BCUT2D eigenvalue weighted by Crippen LogP contribution is -1.88. The predicted octanol–water partition coefficient (Wildman–Crippen LogP) is 3.54. The summed E-state index contributed by atoms with van der Waals surface area (Å²) in [5.74, 6) is 0.883. The topological polar surface area (TPSA) is 9.23 Å². The van der Waals surface area contributed by atoms with Crippen molar-refractivity contribution >= 4 is 0 Å². The van der Waals surface area contributed by atoms with E-state index in [4.69, 9.17) is 4.74 Å². The molecule has 0 aliphatic heterocycles. The van der Waals surface area contributed by atoms with Gasteiger partial charge in [0.15, 0.2) is 0 Å². The molecule has 0 aliphatic rings. The van der Waals surface area contributed by atoms with Gasteiger partial charge < -0.3 is 4.74 Å². The van der Waals surface area contributed by atoms with E-state index in [-0.39, 0.29) is 0 Å². The Balaban J connectivity index is 2.56. The van der Waals surface area contributed by atoms with Crippen molar-refractivity contribution in [2.75, 3.05) is 7.11 Å². The Morgan fingerprint density at radius 1 is 1.00 bits per heavy atom. The molecule has 75 valence electrons. The molecule has 2 aromatic carbocycles. The zero-order valence-corrected chi connectivity index (χ0v) is 8.73. The fourth-order valence-corrected chi connectivity index (χ4v) is 1.60. The zero-order chi connectivity index (χ0) is 10.7. The Hall–Kier alpha value is -1.76. The smallest absolute Gasteiger partial charge is 0.126 e. The largest absolute Gasteiger partial charge is 0.496 e. The van der Waals surface area contributed by atoms with E-state index in [1.54, 1.807) is 7.11 Å². The van der Waals surface area contributed by atoms with E-state index in [2.05, 4.69) is 19.1 Å². The van der Waals surface area contributed by atoms with Crippen LogP contribution in [0.15, 0.2) is 48.5 Å². The SMILES string of the molecule is [CH2]c1ccc(OC)c(-c2ccccc2)c1. The van der Waals surface area contributed by atoms with Crippen LogP contribution in [-0.2, 0) is 0 Å². The van der Waals surface area contributed by atoms with Crippen LogP contribution in [0.5, 0.6) is 5.75 Å². The van der Waals surface area contributed by atoms with Crippen molar-refractivity contribution < 1.29 is 4.74 Å². The Morgan fingerprint density at radius 2 is 1.73 bits per heavy atom. The van der Waals surface area contributed by atoms with Gasteiger partial charge in [-0.25, -0.2) is 0 Å². The van der Waals surface area contributed by atoms with Gasteiger partial charge in [0, 0.05) is 5.56 Å². The number of hydrogen-bond acceptors (Lipinski definition) is 1. The molecule has 0 amide bonds. The molecule has 0 fully saturated rings. The highest BCUT2D eigenvalue weighted by atomic mass is 16.5. The first-order chi connectivity index (χ1) is 7.31. The molecule has 0 N–H and O–H groups in total. The predicted molar refractivity (Wildman–Crippen MR) is 62.9 cm³/mol. The molecule has 0 spiro atoms. The van der Waals surface area contributed by atoms with Gasteiger partial charge in [-0.3, -0.25) is 0 Å². The van der Waals surface area contributed by atoms with Crippen LogP contribution in [0.25, 0.3) is 11.1 Å². The van der Waals surface area contributed by atoms with Crippen molar-refractivity contribution in [3.8, 4) is 16.9 Å². The molecular formula is C14H13O. The van der Waals surface area contributed by atoms with Gasteiger partial charge in [-0.1, -0.05) is 36.4 Å². The monoisotopic (exact) mass is 197 g/mol. The third kappa shape index (κ3) is 2.01. The lowest BCUT2D eigenvalue weighted by atomic mass is 10.0. The maximum Gasteiger partial charge on any atom is 0.126 e. The molecule has 0 aliphatic carbocycles. The maximum atomic E-state index is 5.33. The number of ether oxygens (including phenoxy) is 1. The van der Waals surface area contributed by atoms with Gasteiger partial charge in [-0.15, -0.1) is 0 Å². The van der Waals surface area contributed by atoms with Gasteiger partial charge in [-0.05, 0) is 30.2 Å². The van der Waals surface area contributed by atoms with Crippen LogP contribution in [0, 0.1) is 6.92 Å². The highest BCUT2D eigenvalue weighted by Gasteiger charge is 2.04. The van der Waals surface area contributed by atoms with Crippen molar-refractivity contribution in [3.05, 3.63) is 61.0 Å². The van der Waals surface area contributed by atoms with E-state index >= 15 is 0 Å². The second-order valence-electron chi connectivity index (χ2n) is 3.40. The van der Waals surface area contributed by atoms with Gasteiger partial charge in [0.05, 0.1) is 7.11 Å². The minimum absolute atomic E-state index is 0.883. The molecule has 2 aromatic rings. The van der Waals surface area contributed by atoms with Crippen LogP contribution >= 0.6 is 0 Å². The number of rotatable bonds is 2. The first-order valence-electron chi connectivity index (χ1n) is 4.86. The van der Waals surface area contributed by atoms with Crippen LogP contribution in [0.2, 0.25) is 0 Å². The van der Waals surface area contributed by atoms with Gasteiger partial charge >= 0.3 is 0 Å². The number of benzene rings is 2. The molecule has 0 heterocycles. The van der Waals surface area contributed by atoms with E-state index < -0.39 is 0 Å². The zero-order valence-electron chi connectivity index (χ0n) is 8.73. The fourth-order valence-electron chi connectivity index (χ4n) is 1.60. The second kappa shape index (κ2) is 4.18. The van der Waals surface area contributed by atoms with Crippen LogP contribution in [0.3, 0.4) is 0 Å². The van der Waals surface area contributed by atoms with E-state index in [1.807, 2.05) is 36.4 Å². The first kappa shape index (κ1) is 9.78. The van der Waals surface area contributed by atoms with Crippen molar-refractivity contribution in [3.63, 3.8) is 0 Å². The van der Waals surface area contributed by atoms with Crippen LogP contribution < -0.4 is 4.74 Å². The van der Waals surface area contributed by atoms with E-state index in [0.717, 1.165) is 22.4 Å². The van der Waals surface area contributed by atoms with Gasteiger partial charge in [-0.2, -0.15) is 0 Å². The van der Waals surface area contributed by atoms with Crippen molar-refractivity contribution in [1.82, 2.24) is 0 Å². The van der Waals surface area contributed by atoms with Crippen LogP contribution in [0.1, 0.15) is 5.56 Å². The fraction of sp³-hybridized carbons (Fsp3) is 0.0714. The molecule has 1 nitrogen and oxygen atoms in total. The summed E-state index contributed by atoms with van der Waals surface area (Å²) in [4.78, 5) is 0. The van der Waals surface area contributed by atoms with Gasteiger partial charge in [0.1, 0.15) is 5.75 Å². The normalized spacial score (nSPS) is 10.0. The summed E-state index contributed by atoms with van der Waals surface area (Å²) in [7, 11) is 1.69. The van der Waals surface area contributed by atoms with Crippen molar-refractivity contribution in [1.29, 1.82) is 0 Å². The molecule has 15 heavy (non-hydrogen) atoms. The minimum atomic E-state index is 0.883. The van der Waals surface area contributed by atoms with Crippen molar-refractivity contribution in [2.45, 2.75) is 0 Å². The number of methoxy groups -OCH3 is 1. The highest BCUT2D eigenvalue weighted by molar-refractivity contribution is 5.71. The summed E-state index contributed by atoms with van der Waals surface area (Å²) >= 11 is 0. The third-order valence-corrected chi connectivity index (χ3v) is 2.35. The lowest BCUT2D eigenvalue weighted by molar-refractivity contribution is 0.416. The first-order valence-corrected chi connectivity index (χ1v) is 4.86. The Labute approximate surface area is 90.3 Å². The summed E-state index contributed by atoms with van der Waals surface area (Å²) < 4.78 is 5.33. The summed E-state index contributed by atoms with van der Waals surface area (Å²) in [6.45, 7) is 3.93. The summed E-state index contributed by atoms with van der Waals surface area (Å²) in [5, 5.41) is 0. The molecule has 0 bridgehead atoms. The average molecular weight is 197 g/mol.